The molecule has 24 heavy (non-hydrogen) atoms. The van der Waals surface area contributed by atoms with Crippen LogP contribution in [-0.2, 0) is 27.2 Å². The summed E-state index contributed by atoms with van der Waals surface area (Å²) in [5, 5.41) is 2.69. The van der Waals surface area contributed by atoms with E-state index in [1.807, 2.05) is 0 Å². The molecule has 1 aromatic carbocycles. The van der Waals surface area contributed by atoms with Crippen molar-refractivity contribution in [2.45, 2.75) is 32.2 Å². The Morgan fingerprint density at radius 1 is 1.17 bits per heavy atom. The van der Waals surface area contributed by atoms with E-state index in [4.69, 9.17) is 4.74 Å². The fourth-order valence-electron chi connectivity index (χ4n) is 3.45. The summed E-state index contributed by atoms with van der Waals surface area (Å²) in [6, 6.07) is 3.34. The largest absolute Gasteiger partial charge is 0.464 e. The fraction of sp³-hybridized carbons (Fsp3) is 0.333. The van der Waals surface area contributed by atoms with E-state index in [-0.39, 0.29) is 36.9 Å². The number of carbonyl (C=O) groups is 4. The van der Waals surface area contributed by atoms with Gasteiger partial charge in [-0.15, -0.1) is 0 Å². The normalized spacial score (nSPS) is 21.2. The van der Waals surface area contributed by atoms with Crippen molar-refractivity contribution in [1.29, 1.82) is 0 Å². The molecule has 2 aliphatic rings. The number of rotatable bonds is 3. The number of ether oxygens (including phenoxy) is 1. The lowest BCUT2D eigenvalue weighted by atomic mass is 9.88. The van der Waals surface area contributed by atoms with Gasteiger partial charge in [-0.05, 0) is 30.2 Å². The molecule has 0 bridgehead atoms. The predicted molar refractivity (Wildman–Crippen MR) is 84.8 cm³/mol. The van der Waals surface area contributed by atoms with Gasteiger partial charge in [-0.2, -0.15) is 0 Å². The first kappa shape index (κ1) is 16.1. The van der Waals surface area contributed by atoms with Crippen LogP contribution in [0.2, 0.25) is 0 Å². The van der Waals surface area contributed by atoms with E-state index >= 15 is 0 Å². The Bertz CT molecular complexity index is 808. The number of hydrogen-bond donors (Lipinski definition) is 1. The van der Waals surface area contributed by atoms with Crippen LogP contribution in [0.1, 0.15) is 45.7 Å². The van der Waals surface area contributed by atoms with E-state index in [0.29, 0.717) is 16.7 Å². The molecule has 1 unspecified atom stereocenters. The molecule has 0 aliphatic heterocycles. The Morgan fingerprint density at radius 3 is 2.54 bits per heavy atom. The molecule has 2 aliphatic carbocycles. The summed E-state index contributed by atoms with van der Waals surface area (Å²) in [5.41, 5.74) is 0.841. The molecule has 1 atom stereocenters. The van der Waals surface area contributed by atoms with Crippen LogP contribution in [0.4, 0.5) is 0 Å². The Morgan fingerprint density at radius 2 is 1.88 bits per heavy atom. The maximum Gasteiger partial charge on any atom is 0.332 e. The minimum absolute atomic E-state index is 0.136. The van der Waals surface area contributed by atoms with E-state index in [1.54, 1.807) is 19.1 Å². The third-order valence-electron chi connectivity index (χ3n) is 4.36. The Balaban J connectivity index is 2.09. The molecule has 0 fully saturated rings. The smallest absolute Gasteiger partial charge is 0.332 e. The van der Waals surface area contributed by atoms with Crippen molar-refractivity contribution in [2.75, 3.05) is 6.61 Å². The lowest BCUT2D eigenvalue weighted by molar-refractivity contribution is -0.152. The van der Waals surface area contributed by atoms with Crippen molar-refractivity contribution in [1.82, 2.24) is 5.32 Å². The van der Waals surface area contributed by atoms with Gasteiger partial charge in [-0.3, -0.25) is 14.4 Å². The lowest BCUT2D eigenvalue weighted by Gasteiger charge is -2.27. The number of esters is 1. The highest BCUT2D eigenvalue weighted by molar-refractivity contribution is 6.23. The van der Waals surface area contributed by atoms with Crippen LogP contribution in [0, 0.1) is 0 Å². The SMILES string of the molecule is CCOC(=O)C1(NC(C)=O)Cc2ccc3c(c2C1)C(=O)C=CC3=O. The molecular weight excluding hydrogens is 310 g/mol. The van der Waals surface area contributed by atoms with Crippen LogP contribution < -0.4 is 5.32 Å². The van der Waals surface area contributed by atoms with Gasteiger partial charge in [0.25, 0.3) is 0 Å². The zero-order chi connectivity index (χ0) is 17.5. The number of carbonyl (C=O) groups excluding carboxylic acids is 4. The van der Waals surface area contributed by atoms with Gasteiger partial charge in [0.1, 0.15) is 5.54 Å². The molecule has 0 saturated carbocycles. The van der Waals surface area contributed by atoms with Gasteiger partial charge in [0.15, 0.2) is 11.6 Å². The summed E-state index contributed by atoms with van der Waals surface area (Å²) in [4.78, 5) is 48.4. The second-order valence-electron chi connectivity index (χ2n) is 6.02. The Kier molecular flexibility index (Phi) is 3.83. The number of amides is 1. The second-order valence-corrected chi connectivity index (χ2v) is 6.02. The summed E-state index contributed by atoms with van der Waals surface area (Å²) in [7, 11) is 0. The van der Waals surface area contributed by atoms with Crippen molar-refractivity contribution in [2.24, 2.45) is 0 Å². The molecule has 0 radical (unpaired) electrons. The summed E-state index contributed by atoms with van der Waals surface area (Å²) in [5.74, 6) is -1.38. The average Bonchev–Trinajstić information content (AvgIpc) is 2.89. The van der Waals surface area contributed by atoms with Crippen LogP contribution >= 0.6 is 0 Å². The van der Waals surface area contributed by atoms with Gasteiger partial charge in [-0.25, -0.2) is 4.79 Å². The number of hydrogen-bond acceptors (Lipinski definition) is 5. The molecule has 0 spiro atoms. The standard InChI is InChI=1S/C18H17NO5/c1-3-24-17(23)18(19-10(2)20)8-11-4-5-12-14(21)6-7-15(22)16(12)13(11)9-18/h4-7H,3,8-9H2,1-2H3,(H,19,20). The van der Waals surface area contributed by atoms with Gasteiger partial charge in [0.05, 0.1) is 6.61 Å². The van der Waals surface area contributed by atoms with Gasteiger partial charge in [0.2, 0.25) is 5.91 Å². The summed E-state index contributed by atoms with van der Waals surface area (Å²) < 4.78 is 5.13. The minimum Gasteiger partial charge on any atom is -0.464 e. The van der Waals surface area contributed by atoms with Crippen molar-refractivity contribution in [3.63, 3.8) is 0 Å². The molecular formula is C18H17NO5. The number of ketones is 2. The van der Waals surface area contributed by atoms with Crippen LogP contribution in [0.5, 0.6) is 0 Å². The lowest BCUT2D eigenvalue weighted by Crippen LogP contribution is -2.55. The molecule has 3 rings (SSSR count). The van der Waals surface area contributed by atoms with Crippen LogP contribution in [-0.4, -0.2) is 35.6 Å². The number of fused-ring (bicyclic) bond motifs is 3. The molecule has 0 saturated heterocycles. The minimum atomic E-state index is -1.23. The third kappa shape index (κ3) is 2.44. The number of nitrogens with one attached hydrogen (secondary N) is 1. The monoisotopic (exact) mass is 327 g/mol. The quantitative estimate of drug-likeness (QED) is 0.842. The molecule has 6 heteroatoms. The maximum atomic E-state index is 12.5. The zero-order valence-electron chi connectivity index (χ0n) is 13.5. The van der Waals surface area contributed by atoms with Gasteiger partial charge < -0.3 is 10.1 Å². The molecule has 6 nitrogen and oxygen atoms in total. The summed E-state index contributed by atoms with van der Waals surface area (Å²) in [6.45, 7) is 3.21. The molecule has 0 aromatic heterocycles. The molecule has 124 valence electrons. The first-order chi connectivity index (χ1) is 11.4. The maximum absolute atomic E-state index is 12.5. The predicted octanol–water partition coefficient (Wildman–Crippen LogP) is 1.16. The van der Waals surface area contributed by atoms with E-state index in [9.17, 15) is 19.2 Å². The first-order valence-corrected chi connectivity index (χ1v) is 7.75. The van der Waals surface area contributed by atoms with Crippen molar-refractivity contribution in [3.8, 4) is 0 Å². The van der Waals surface area contributed by atoms with E-state index in [1.165, 1.54) is 19.1 Å². The van der Waals surface area contributed by atoms with Crippen molar-refractivity contribution < 1.29 is 23.9 Å². The molecule has 1 N–H and O–H groups in total. The highest BCUT2D eigenvalue weighted by atomic mass is 16.5. The van der Waals surface area contributed by atoms with E-state index in [2.05, 4.69) is 5.32 Å². The van der Waals surface area contributed by atoms with Crippen LogP contribution in [0.25, 0.3) is 0 Å². The average molecular weight is 327 g/mol. The topological polar surface area (TPSA) is 89.5 Å². The van der Waals surface area contributed by atoms with Gasteiger partial charge in [0, 0.05) is 30.9 Å². The zero-order valence-corrected chi connectivity index (χ0v) is 13.5. The highest BCUT2D eigenvalue weighted by Gasteiger charge is 2.47. The van der Waals surface area contributed by atoms with Crippen LogP contribution in [0.15, 0.2) is 24.3 Å². The Labute approximate surface area is 138 Å². The van der Waals surface area contributed by atoms with E-state index in [0.717, 1.165) is 5.56 Å². The van der Waals surface area contributed by atoms with Crippen molar-refractivity contribution in [3.05, 3.63) is 46.5 Å². The molecule has 1 aromatic rings. The van der Waals surface area contributed by atoms with Gasteiger partial charge >= 0.3 is 5.97 Å². The van der Waals surface area contributed by atoms with Gasteiger partial charge in [-0.1, -0.05) is 12.1 Å². The number of allylic oxidation sites excluding steroid dienone is 2. The molecule has 1 amide bonds. The number of benzene rings is 1. The van der Waals surface area contributed by atoms with Crippen LogP contribution in [0.3, 0.4) is 0 Å². The fourth-order valence-corrected chi connectivity index (χ4v) is 3.45. The third-order valence-corrected chi connectivity index (χ3v) is 4.36. The summed E-state index contributed by atoms with van der Waals surface area (Å²) in [6.07, 6.45) is 2.86. The molecule has 0 heterocycles. The van der Waals surface area contributed by atoms with Crippen molar-refractivity contribution >= 4 is 23.4 Å². The summed E-state index contributed by atoms with van der Waals surface area (Å²) >= 11 is 0. The Hall–Kier alpha value is -2.76. The van der Waals surface area contributed by atoms with E-state index < -0.39 is 11.5 Å². The first-order valence-electron chi connectivity index (χ1n) is 7.75. The second kappa shape index (κ2) is 5.70. The highest BCUT2D eigenvalue weighted by Crippen LogP contribution is 2.36.